The van der Waals surface area contributed by atoms with Crippen LogP contribution in [0.25, 0.3) is 33.3 Å². The van der Waals surface area contributed by atoms with E-state index >= 15 is 0 Å². The summed E-state index contributed by atoms with van der Waals surface area (Å²) in [5.74, 6) is 0. The summed E-state index contributed by atoms with van der Waals surface area (Å²) in [4.78, 5) is 5.24. The van der Waals surface area contributed by atoms with Crippen LogP contribution in [0.4, 0.5) is 0 Å². The standard InChI is InChI=1S/C36H37N2OSi/c1-24-18-19-28-29-20-21-32(40(7,26-14-10-8-11-15-26)27-16-12-9-13-17-27)37-35(29)39-34(28)33(24)31-22-30(36(3,4)5)25(2)23-38(31)6/h8-23H,1-7H3/q+1/i2D3. The number of pyridine rings is 2. The van der Waals surface area contributed by atoms with Crippen molar-refractivity contribution in [2.45, 2.75) is 46.5 Å². The zero-order valence-electron chi connectivity index (χ0n) is 27.0. The van der Waals surface area contributed by atoms with Crippen LogP contribution in [-0.4, -0.2) is 13.1 Å². The van der Waals surface area contributed by atoms with E-state index in [0.29, 0.717) is 11.3 Å². The number of benzene rings is 3. The van der Waals surface area contributed by atoms with Crippen molar-refractivity contribution in [1.29, 1.82) is 0 Å². The van der Waals surface area contributed by atoms with Gasteiger partial charge in [-0.05, 0) is 52.8 Å². The van der Waals surface area contributed by atoms with Gasteiger partial charge < -0.3 is 4.42 Å². The molecule has 40 heavy (non-hydrogen) atoms. The Morgan fingerprint density at radius 1 is 0.825 bits per heavy atom. The van der Waals surface area contributed by atoms with E-state index in [2.05, 4.69) is 119 Å². The molecule has 0 amide bonds. The van der Waals surface area contributed by atoms with Crippen LogP contribution in [0, 0.1) is 13.8 Å². The number of fused-ring (bicyclic) bond motifs is 3. The molecule has 0 saturated heterocycles. The van der Waals surface area contributed by atoms with Gasteiger partial charge in [-0.15, -0.1) is 0 Å². The molecule has 0 aliphatic rings. The second kappa shape index (κ2) is 9.56. The minimum Gasteiger partial charge on any atom is -0.437 e. The molecular weight excluding hydrogens is 504 g/mol. The number of nitrogens with zero attached hydrogens (tertiary/aromatic N) is 2. The number of hydrogen-bond donors (Lipinski definition) is 0. The highest BCUT2D eigenvalue weighted by atomic mass is 28.3. The van der Waals surface area contributed by atoms with E-state index in [4.69, 9.17) is 13.5 Å². The third-order valence-corrected chi connectivity index (χ3v) is 12.5. The van der Waals surface area contributed by atoms with Crippen molar-refractivity contribution in [3.63, 3.8) is 0 Å². The monoisotopic (exact) mass is 544 g/mol. The van der Waals surface area contributed by atoms with Crippen molar-refractivity contribution in [3.05, 3.63) is 114 Å². The predicted octanol–water partition coefficient (Wildman–Crippen LogP) is 6.49. The topological polar surface area (TPSA) is 29.9 Å². The molecule has 6 rings (SSSR count). The van der Waals surface area contributed by atoms with Crippen molar-refractivity contribution in [1.82, 2.24) is 4.98 Å². The molecule has 3 nitrogen and oxygen atoms in total. The Labute approximate surface area is 242 Å². The lowest BCUT2D eigenvalue weighted by Crippen LogP contribution is -2.65. The van der Waals surface area contributed by atoms with Crippen LogP contribution in [-0.2, 0) is 12.5 Å². The Kier molecular flexibility index (Phi) is 5.44. The average molecular weight is 545 g/mol. The summed E-state index contributed by atoms with van der Waals surface area (Å²) in [5.41, 5.74) is 5.11. The van der Waals surface area contributed by atoms with Gasteiger partial charge in [0.05, 0.1) is 5.56 Å². The predicted molar refractivity (Wildman–Crippen MR) is 170 cm³/mol. The van der Waals surface area contributed by atoms with E-state index in [0.717, 1.165) is 44.1 Å². The molecule has 0 unspecified atom stereocenters. The largest absolute Gasteiger partial charge is 0.437 e. The second-order valence-electron chi connectivity index (χ2n) is 12.0. The van der Waals surface area contributed by atoms with Gasteiger partial charge in [0, 0.05) is 31.8 Å². The van der Waals surface area contributed by atoms with Gasteiger partial charge in [0.25, 0.3) is 0 Å². The van der Waals surface area contributed by atoms with Crippen molar-refractivity contribution in [3.8, 4) is 11.3 Å². The first kappa shape index (κ1) is 22.8. The number of aryl methyl sites for hydroxylation is 3. The number of hydrogen-bond acceptors (Lipinski definition) is 2. The average Bonchev–Trinajstić information content (AvgIpc) is 3.34. The van der Waals surface area contributed by atoms with Crippen molar-refractivity contribution >= 4 is 45.8 Å². The summed E-state index contributed by atoms with van der Waals surface area (Å²) < 4.78 is 33.2. The van der Waals surface area contributed by atoms with Crippen LogP contribution < -0.4 is 20.3 Å². The van der Waals surface area contributed by atoms with Gasteiger partial charge in [-0.25, -0.2) is 9.55 Å². The van der Waals surface area contributed by atoms with Crippen molar-refractivity contribution in [2.75, 3.05) is 0 Å². The SMILES string of the molecule is [2H]C([2H])([2H])c1c[n+](C)c(-c2c(C)ccc3c2oc2nc([Si](C)(c4ccccc4)c4ccccc4)ccc23)cc1C(C)(C)C. The van der Waals surface area contributed by atoms with Crippen molar-refractivity contribution < 1.29 is 13.1 Å². The summed E-state index contributed by atoms with van der Waals surface area (Å²) in [6.07, 6.45) is 1.76. The Hall–Kier alpha value is -4.02. The lowest BCUT2D eigenvalue weighted by Gasteiger charge is -2.28. The molecule has 3 aromatic carbocycles. The Morgan fingerprint density at radius 2 is 1.45 bits per heavy atom. The maximum absolute atomic E-state index is 8.20. The molecular formula is C36H37N2OSi+. The smallest absolute Gasteiger partial charge is 0.227 e. The first-order chi connectivity index (χ1) is 20.3. The lowest BCUT2D eigenvalue weighted by atomic mass is 9.83. The third-order valence-electron chi connectivity index (χ3n) is 8.27. The molecule has 0 atom stereocenters. The Bertz CT molecular complexity index is 1930. The van der Waals surface area contributed by atoms with Crippen LogP contribution in [0.2, 0.25) is 6.55 Å². The minimum absolute atomic E-state index is 0.358. The normalized spacial score (nSPS) is 13.8. The van der Waals surface area contributed by atoms with Gasteiger partial charge >= 0.3 is 0 Å². The molecule has 0 spiro atoms. The molecule has 0 N–H and O–H groups in total. The molecule has 0 aliphatic carbocycles. The van der Waals surface area contributed by atoms with Gasteiger partial charge in [-0.2, -0.15) is 0 Å². The lowest BCUT2D eigenvalue weighted by molar-refractivity contribution is -0.660. The van der Waals surface area contributed by atoms with Crippen LogP contribution in [0.3, 0.4) is 0 Å². The summed E-state index contributed by atoms with van der Waals surface area (Å²) in [6.45, 7) is 8.38. The number of rotatable bonds is 4. The first-order valence-corrected chi connectivity index (χ1v) is 16.3. The molecule has 0 bridgehead atoms. The first-order valence-electron chi connectivity index (χ1n) is 15.3. The maximum atomic E-state index is 8.20. The zero-order valence-corrected chi connectivity index (χ0v) is 25.0. The highest BCUT2D eigenvalue weighted by molar-refractivity contribution is 7.10. The van der Waals surface area contributed by atoms with Crippen LogP contribution in [0.15, 0.2) is 102 Å². The highest BCUT2D eigenvalue weighted by Gasteiger charge is 2.36. The van der Waals surface area contributed by atoms with Gasteiger partial charge in [0.2, 0.25) is 11.4 Å². The van der Waals surface area contributed by atoms with E-state index < -0.39 is 14.9 Å². The van der Waals surface area contributed by atoms with E-state index in [1.54, 1.807) is 6.20 Å². The van der Waals surface area contributed by atoms with Crippen LogP contribution in [0.1, 0.15) is 41.6 Å². The minimum atomic E-state index is -2.42. The summed E-state index contributed by atoms with van der Waals surface area (Å²) >= 11 is 0. The molecule has 6 aromatic rings. The van der Waals surface area contributed by atoms with Crippen LogP contribution in [0.5, 0.6) is 0 Å². The Balaban J connectivity index is 1.60. The molecule has 0 aliphatic heterocycles. The second-order valence-corrected chi connectivity index (χ2v) is 15.9. The van der Waals surface area contributed by atoms with E-state index in [1.165, 1.54) is 10.4 Å². The molecule has 4 heteroatoms. The molecule has 0 saturated carbocycles. The van der Waals surface area contributed by atoms with Crippen LogP contribution >= 0.6 is 0 Å². The van der Waals surface area contributed by atoms with Gasteiger partial charge in [0.15, 0.2) is 19.9 Å². The van der Waals surface area contributed by atoms with E-state index in [1.807, 2.05) is 17.7 Å². The van der Waals surface area contributed by atoms with Crippen molar-refractivity contribution in [2.24, 2.45) is 7.05 Å². The fourth-order valence-corrected chi connectivity index (χ4v) is 9.32. The molecule has 0 radical (unpaired) electrons. The Morgan fingerprint density at radius 3 is 2.05 bits per heavy atom. The van der Waals surface area contributed by atoms with Gasteiger partial charge in [-0.1, -0.05) is 100 Å². The third kappa shape index (κ3) is 4.18. The van der Waals surface area contributed by atoms with Gasteiger partial charge in [0.1, 0.15) is 7.05 Å². The van der Waals surface area contributed by atoms with E-state index in [9.17, 15) is 0 Å². The van der Waals surface area contributed by atoms with E-state index in [-0.39, 0.29) is 5.41 Å². The fourth-order valence-electron chi connectivity index (χ4n) is 5.94. The number of furan rings is 1. The van der Waals surface area contributed by atoms with Gasteiger partial charge in [-0.3, -0.25) is 0 Å². The molecule has 0 fully saturated rings. The number of aromatic nitrogens is 2. The molecule has 3 aromatic heterocycles. The quantitative estimate of drug-likeness (QED) is 0.188. The molecule has 3 heterocycles. The zero-order chi connectivity index (χ0) is 30.7. The highest BCUT2D eigenvalue weighted by Crippen LogP contribution is 2.37. The summed E-state index contributed by atoms with van der Waals surface area (Å²) in [7, 11) is -0.515. The summed E-state index contributed by atoms with van der Waals surface area (Å²) in [5, 5.41) is 5.58. The fraction of sp³-hybridized carbons (Fsp3) is 0.222. The molecule has 200 valence electrons. The summed E-state index contributed by atoms with van der Waals surface area (Å²) in [6, 6.07) is 31.9. The maximum Gasteiger partial charge on any atom is 0.227 e.